The summed E-state index contributed by atoms with van der Waals surface area (Å²) in [4.78, 5) is 9.47. The lowest BCUT2D eigenvalue weighted by Crippen LogP contribution is -1.99. The third-order valence-corrected chi connectivity index (χ3v) is 2.18. The second-order valence-electron chi connectivity index (χ2n) is 2.50. The van der Waals surface area contributed by atoms with Crippen LogP contribution in [0.5, 0.6) is 5.75 Å². The van der Waals surface area contributed by atoms with E-state index in [-0.39, 0.29) is 16.9 Å². The number of rotatable bonds is 3. The number of methoxy groups -OCH3 is 1. The zero-order valence-electron chi connectivity index (χ0n) is 7.26. The zero-order chi connectivity index (χ0) is 10.7. The third kappa shape index (κ3) is 1.99. The second kappa shape index (κ2) is 4.62. The Morgan fingerprint density at radius 1 is 1.50 bits per heavy atom. The van der Waals surface area contributed by atoms with E-state index in [2.05, 4.69) is 0 Å². The Morgan fingerprint density at radius 2 is 2.14 bits per heavy atom. The average Bonchev–Trinajstić information content (AvgIpc) is 2.16. The minimum atomic E-state index is -1.09. The summed E-state index contributed by atoms with van der Waals surface area (Å²) in [6.45, 7) is 0. The van der Waals surface area contributed by atoms with Gasteiger partial charge in [0.15, 0.2) is 17.9 Å². The summed E-state index contributed by atoms with van der Waals surface area (Å²) >= 11 is 11.1. The second-order valence-corrected chi connectivity index (χ2v) is 3.60. The number of carbonyl (C=O) groups excluding carboxylic acids is 1. The fourth-order valence-electron chi connectivity index (χ4n) is 1.07. The molecule has 0 fully saturated rings. The van der Waals surface area contributed by atoms with Crippen LogP contribution < -0.4 is 4.74 Å². The number of hydrogen-bond donors (Lipinski definition) is 0. The van der Waals surface area contributed by atoms with Gasteiger partial charge in [-0.1, -0.05) is 23.2 Å². The predicted molar refractivity (Wildman–Crippen MR) is 52.8 cm³/mol. The van der Waals surface area contributed by atoms with Crippen LogP contribution in [-0.2, 0) is 0 Å². The Labute approximate surface area is 90.6 Å². The Bertz CT molecular complexity index is 353. The van der Waals surface area contributed by atoms with Crippen LogP contribution in [0.2, 0.25) is 0 Å². The number of alkyl halides is 2. The number of halogens is 3. The molecule has 0 aromatic heterocycles. The van der Waals surface area contributed by atoms with Gasteiger partial charge in [0.1, 0.15) is 4.84 Å². The van der Waals surface area contributed by atoms with E-state index in [1.165, 1.54) is 19.2 Å². The van der Waals surface area contributed by atoms with Crippen LogP contribution in [0.1, 0.15) is 20.8 Å². The molecule has 0 aliphatic carbocycles. The molecule has 0 atom stereocenters. The third-order valence-electron chi connectivity index (χ3n) is 1.74. The van der Waals surface area contributed by atoms with Crippen LogP contribution in [0.3, 0.4) is 0 Å². The summed E-state index contributed by atoms with van der Waals surface area (Å²) in [5, 5.41) is 0. The molecule has 76 valence electrons. The fraction of sp³-hybridized carbons (Fsp3) is 0.222. The standard InChI is InChI=1S/C9H7Cl2FO2/c1-14-6-3-2-5(4-13)7(8(6)12)9(10)11/h2-4,9H,1H3. The smallest absolute Gasteiger partial charge is 0.171 e. The van der Waals surface area contributed by atoms with Gasteiger partial charge in [-0.25, -0.2) is 4.39 Å². The molecule has 5 heteroatoms. The largest absolute Gasteiger partial charge is 0.494 e. The summed E-state index contributed by atoms with van der Waals surface area (Å²) in [7, 11) is 1.32. The van der Waals surface area contributed by atoms with Crippen molar-refractivity contribution in [1.29, 1.82) is 0 Å². The number of hydrogen-bond acceptors (Lipinski definition) is 2. The van der Waals surface area contributed by atoms with E-state index in [4.69, 9.17) is 27.9 Å². The van der Waals surface area contributed by atoms with Gasteiger partial charge in [-0.3, -0.25) is 4.79 Å². The van der Waals surface area contributed by atoms with Gasteiger partial charge < -0.3 is 4.74 Å². The minimum Gasteiger partial charge on any atom is -0.494 e. The molecule has 1 rings (SSSR count). The van der Waals surface area contributed by atoms with Crippen molar-refractivity contribution in [3.63, 3.8) is 0 Å². The topological polar surface area (TPSA) is 26.3 Å². The highest BCUT2D eigenvalue weighted by Gasteiger charge is 2.18. The molecule has 2 nitrogen and oxygen atoms in total. The van der Waals surface area contributed by atoms with Crippen molar-refractivity contribution in [2.45, 2.75) is 4.84 Å². The van der Waals surface area contributed by atoms with E-state index in [0.29, 0.717) is 6.29 Å². The van der Waals surface area contributed by atoms with Crippen molar-refractivity contribution in [2.75, 3.05) is 7.11 Å². The first-order chi connectivity index (χ1) is 6.61. The molecule has 0 aliphatic rings. The molecule has 0 amide bonds. The Morgan fingerprint density at radius 3 is 2.57 bits per heavy atom. The van der Waals surface area contributed by atoms with E-state index in [0.717, 1.165) is 0 Å². The van der Waals surface area contributed by atoms with Gasteiger partial charge in [-0.2, -0.15) is 0 Å². The molecule has 0 heterocycles. The summed E-state index contributed by atoms with van der Waals surface area (Å²) in [6.07, 6.45) is 0.496. The summed E-state index contributed by atoms with van der Waals surface area (Å²) in [6, 6.07) is 2.75. The number of benzene rings is 1. The van der Waals surface area contributed by atoms with E-state index >= 15 is 0 Å². The van der Waals surface area contributed by atoms with E-state index < -0.39 is 10.7 Å². The normalized spacial score (nSPS) is 10.4. The first-order valence-corrected chi connectivity index (χ1v) is 4.58. The van der Waals surface area contributed by atoms with Crippen molar-refractivity contribution in [2.24, 2.45) is 0 Å². The minimum absolute atomic E-state index is 0.0110. The van der Waals surface area contributed by atoms with E-state index in [1.807, 2.05) is 0 Å². The zero-order valence-corrected chi connectivity index (χ0v) is 8.77. The highest BCUT2D eigenvalue weighted by molar-refractivity contribution is 6.44. The lowest BCUT2D eigenvalue weighted by Gasteiger charge is -2.10. The molecule has 0 aliphatic heterocycles. The van der Waals surface area contributed by atoms with Crippen LogP contribution in [0, 0.1) is 5.82 Å². The van der Waals surface area contributed by atoms with Gasteiger partial charge in [-0.15, -0.1) is 0 Å². The SMILES string of the molecule is COc1ccc(C=O)c(C(Cl)Cl)c1F. The van der Waals surface area contributed by atoms with Gasteiger partial charge in [0.25, 0.3) is 0 Å². The van der Waals surface area contributed by atoms with E-state index in [9.17, 15) is 9.18 Å². The number of aldehydes is 1. The van der Waals surface area contributed by atoms with Crippen LogP contribution in [0.15, 0.2) is 12.1 Å². The molecule has 0 saturated carbocycles. The van der Waals surface area contributed by atoms with Crippen molar-refractivity contribution < 1.29 is 13.9 Å². The molecule has 0 bridgehead atoms. The van der Waals surface area contributed by atoms with Gasteiger partial charge >= 0.3 is 0 Å². The van der Waals surface area contributed by atoms with Crippen LogP contribution in [0.4, 0.5) is 4.39 Å². The molecule has 0 N–H and O–H groups in total. The lowest BCUT2D eigenvalue weighted by atomic mass is 10.1. The molecule has 0 unspecified atom stereocenters. The quantitative estimate of drug-likeness (QED) is 0.596. The fourth-order valence-corrected chi connectivity index (χ4v) is 1.51. The molecule has 0 spiro atoms. The molecular formula is C9H7Cl2FO2. The van der Waals surface area contributed by atoms with Crippen molar-refractivity contribution in [1.82, 2.24) is 0 Å². The molecule has 0 radical (unpaired) electrons. The predicted octanol–water partition coefficient (Wildman–Crippen LogP) is 3.12. The van der Waals surface area contributed by atoms with Crippen molar-refractivity contribution >= 4 is 29.5 Å². The van der Waals surface area contributed by atoms with Gasteiger partial charge in [0.2, 0.25) is 0 Å². The number of ether oxygens (including phenoxy) is 1. The summed E-state index contributed by atoms with van der Waals surface area (Å²) in [5.41, 5.74) is 0.0704. The maximum Gasteiger partial charge on any atom is 0.171 e. The highest BCUT2D eigenvalue weighted by Crippen LogP contribution is 2.33. The molecule has 1 aromatic rings. The highest BCUT2D eigenvalue weighted by atomic mass is 35.5. The maximum atomic E-state index is 13.5. The molecule has 0 saturated heterocycles. The lowest BCUT2D eigenvalue weighted by molar-refractivity contribution is 0.112. The first-order valence-electron chi connectivity index (χ1n) is 3.71. The average molecular weight is 237 g/mol. The Balaban J connectivity index is 3.38. The summed E-state index contributed by atoms with van der Waals surface area (Å²) in [5.74, 6) is -0.691. The van der Waals surface area contributed by atoms with Gasteiger partial charge in [-0.05, 0) is 12.1 Å². The van der Waals surface area contributed by atoms with Gasteiger partial charge in [0, 0.05) is 11.1 Å². The maximum absolute atomic E-state index is 13.5. The van der Waals surface area contributed by atoms with Crippen LogP contribution in [0.25, 0.3) is 0 Å². The molecule has 14 heavy (non-hydrogen) atoms. The molecule has 1 aromatic carbocycles. The van der Waals surface area contributed by atoms with Crippen molar-refractivity contribution in [3.05, 3.63) is 29.1 Å². The van der Waals surface area contributed by atoms with Gasteiger partial charge in [0.05, 0.1) is 7.11 Å². The monoisotopic (exact) mass is 236 g/mol. The first kappa shape index (κ1) is 11.3. The number of carbonyl (C=O) groups is 1. The Kier molecular flexibility index (Phi) is 3.72. The summed E-state index contributed by atoms with van der Waals surface area (Å²) < 4.78 is 18.2. The van der Waals surface area contributed by atoms with Crippen molar-refractivity contribution in [3.8, 4) is 5.75 Å². The Hall–Kier alpha value is -0.800. The van der Waals surface area contributed by atoms with Crippen LogP contribution in [-0.4, -0.2) is 13.4 Å². The van der Waals surface area contributed by atoms with E-state index in [1.54, 1.807) is 0 Å². The molecular weight excluding hydrogens is 230 g/mol. The van der Waals surface area contributed by atoms with Crippen LogP contribution >= 0.6 is 23.2 Å².